The molecule has 1 fully saturated rings. The summed E-state index contributed by atoms with van der Waals surface area (Å²) in [5, 5.41) is 4.37. The molecule has 28 heavy (non-hydrogen) atoms. The van der Waals surface area contributed by atoms with Crippen LogP contribution in [0.15, 0.2) is 41.2 Å². The number of anilines is 2. The molecule has 0 saturated heterocycles. The number of para-hydroxylation sites is 1. The molecule has 0 atom stereocenters. The van der Waals surface area contributed by atoms with Gasteiger partial charge in [0, 0.05) is 17.1 Å². The molecule has 4 rings (SSSR count). The molecule has 2 aromatic carbocycles. The van der Waals surface area contributed by atoms with Gasteiger partial charge >= 0.3 is 0 Å². The van der Waals surface area contributed by atoms with Gasteiger partial charge in [-0.3, -0.25) is 4.79 Å². The van der Waals surface area contributed by atoms with Crippen molar-refractivity contribution in [3.63, 3.8) is 0 Å². The number of ether oxygens (including phenoxy) is 2. The van der Waals surface area contributed by atoms with Crippen molar-refractivity contribution in [3.05, 3.63) is 57.9 Å². The highest BCUT2D eigenvalue weighted by Crippen LogP contribution is 2.39. The van der Waals surface area contributed by atoms with E-state index in [0.717, 1.165) is 40.7 Å². The standard InChI is InChI=1S/C23H26N2O3/c1-14-7-6-8-15(2)21(14)24-18-13-20(26)25-22-17(18)11-12-19(27-3)23(22)28-16-9-4-5-10-16/h6-8,11-13,16H,4-5,9-10H2,1-3H3,(H2,24,25,26). The summed E-state index contributed by atoms with van der Waals surface area (Å²) in [6.07, 6.45) is 4.58. The number of pyridine rings is 1. The second-order valence-corrected chi connectivity index (χ2v) is 7.48. The lowest BCUT2D eigenvalue weighted by atomic mass is 10.1. The molecule has 2 N–H and O–H groups in total. The predicted octanol–water partition coefficient (Wildman–Crippen LogP) is 5.22. The molecular weight excluding hydrogens is 352 g/mol. The van der Waals surface area contributed by atoms with Crippen LogP contribution in [-0.4, -0.2) is 18.2 Å². The first kappa shape index (κ1) is 18.4. The van der Waals surface area contributed by atoms with Crippen LogP contribution in [0.3, 0.4) is 0 Å². The molecule has 5 nitrogen and oxygen atoms in total. The fraction of sp³-hybridized carbons (Fsp3) is 0.348. The number of aromatic nitrogens is 1. The van der Waals surface area contributed by atoms with Crippen LogP contribution in [0.1, 0.15) is 36.8 Å². The number of H-pyrrole nitrogens is 1. The van der Waals surface area contributed by atoms with Crippen molar-refractivity contribution in [1.29, 1.82) is 0 Å². The molecule has 1 aromatic heterocycles. The lowest BCUT2D eigenvalue weighted by molar-refractivity contribution is 0.203. The van der Waals surface area contributed by atoms with Crippen LogP contribution in [0.5, 0.6) is 11.5 Å². The van der Waals surface area contributed by atoms with Crippen molar-refractivity contribution in [2.75, 3.05) is 12.4 Å². The van der Waals surface area contributed by atoms with Gasteiger partial charge in [0.2, 0.25) is 0 Å². The van der Waals surface area contributed by atoms with Gasteiger partial charge < -0.3 is 19.8 Å². The molecule has 0 spiro atoms. The minimum absolute atomic E-state index is 0.165. The molecule has 0 bridgehead atoms. The van der Waals surface area contributed by atoms with E-state index in [-0.39, 0.29) is 11.7 Å². The van der Waals surface area contributed by atoms with E-state index in [1.807, 2.05) is 18.2 Å². The van der Waals surface area contributed by atoms with E-state index in [0.29, 0.717) is 17.0 Å². The normalized spacial score (nSPS) is 14.4. The number of aromatic amines is 1. The van der Waals surface area contributed by atoms with E-state index in [2.05, 4.69) is 36.3 Å². The Bertz CT molecular complexity index is 1050. The largest absolute Gasteiger partial charge is 0.493 e. The average Bonchev–Trinajstić information content (AvgIpc) is 3.18. The summed E-state index contributed by atoms with van der Waals surface area (Å²) >= 11 is 0. The van der Waals surface area contributed by atoms with Crippen molar-refractivity contribution in [3.8, 4) is 11.5 Å². The van der Waals surface area contributed by atoms with Crippen molar-refractivity contribution >= 4 is 22.3 Å². The molecule has 0 aliphatic heterocycles. The van der Waals surface area contributed by atoms with Crippen LogP contribution in [-0.2, 0) is 0 Å². The summed E-state index contributed by atoms with van der Waals surface area (Å²) in [6.45, 7) is 4.12. The molecule has 146 valence electrons. The molecule has 1 aliphatic carbocycles. The number of hydrogen-bond acceptors (Lipinski definition) is 4. The van der Waals surface area contributed by atoms with Gasteiger partial charge in [0.05, 0.1) is 24.4 Å². The fourth-order valence-electron chi connectivity index (χ4n) is 3.98. The number of methoxy groups -OCH3 is 1. The zero-order valence-electron chi connectivity index (χ0n) is 16.6. The number of benzene rings is 2. The summed E-state index contributed by atoms with van der Waals surface area (Å²) in [4.78, 5) is 15.4. The molecule has 0 amide bonds. The number of nitrogens with one attached hydrogen (secondary N) is 2. The van der Waals surface area contributed by atoms with Crippen LogP contribution in [0.25, 0.3) is 10.9 Å². The summed E-state index contributed by atoms with van der Waals surface area (Å²) in [7, 11) is 1.62. The maximum absolute atomic E-state index is 12.5. The Hall–Kier alpha value is -2.95. The lowest BCUT2D eigenvalue weighted by Gasteiger charge is -2.19. The third-order valence-corrected chi connectivity index (χ3v) is 5.48. The molecule has 3 aromatic rings. The Labute approximate surface area is 164 Å². The fourth-order valence-corrected chi connectivity index (χ4v) is 3.98. The first-order valence-electron chi connectivity index (χ1n) is 9.80. The van der Waals surface area contributed by atoms with Gasteiger partial charge in [-0.2, -0.15) is 0 Å². The Morgan fingerprint density at radius 3 is 2.46 bits per heavy atom. The van der Waals surface area contributed by atoms with Crippen molar-refractivity contribution in [1.82, 2.24) is 4.98 Å². The van der Waals surface area contributed by atoms with E-state index in [1.54, 1.807) is 13.2 Å². The Morgan fingerprint density at radius 2 is 1.79 bits per heavy atom. The third-order valence-electron chi connectivity index (χ3n) is 5.48. The smallest absolute Gasteiger partial charge is 0.250 e. The van der Waals surface area contributed by atoms with Gasteiger partial charge in [0.1, 0.15) is 0 Å². The zero-order valence-corrected chi connectivity index (χ0v) is 16.6. The summed E-state index contributed by atoms with van der Waals surface area (Å²) in [6, 6.07) is 11.6. The Morgan fingerprint density at radius 1 is 1.07 bits per heavy atom. The molecule has 0 unspecified atom stereocenters. The molecule has 1 saturated carbocycles. The summed E-state index contributed by atoms with van der Waals surface area (Å²) in [5.41, 5.74) is 4.53. The van der Waals surface area contributed by atoms with Gasteiger partial charge in [0.25, 0.3) is 5.56 Å². The summed E-state index contributed by atoms with van der Waals surface area (Å²) in [5.74, 6) is 1.26. The second kappa shape index (κ2) is 7.58. The van der Waals surface area contributed by atoms with Gasteiger partial charge in [-0.1, -0.05) is 18.2 Å². The zero-order chi connectivity index (χ0) is 19.7. The minimum atomic E-state index is -0.175. The van der Waals surface area contributed by atoms with Crippen LogP contribution in [0, 0.1) is 13.8 Å². The minimum Gasteiger partial charge on any atom is -0.493 e. The molecule has 0 radical (unpaired) electrons. The monoisotopic (exact) mass is 378 g/mol. The average molecular weight is 378 g/mol. The van der Waals surface area contributed by atoms with E-state index in [4.69, 9.17) is 9.47 Å². The lowest BCUT2D eigenvalue weighted by Crippen LogP contribution is -2.14. The Kier molecular flexibility index (Phi) is 4.99. The van der Waals surface area contributed by atoms with E-state index >= 15 is 0 Å². The van der Waals surface area contributed by atoms with Gasteiger partial charge in [-0.05, 0) is 62.8 Å². The number of hydrogen-bond donors (Lipinski definition) is 2. The van der Waals surface area contributed by atoms with E-state index in [9.17, 15) is 4.79 Å². The molecule has 1 aliphatic rings. The highest BCUT2D eigenvalue weighted by Gasteiger charge is 2.21. The quantitative estimate of drug-likeness (QED) is 0.639. The summed E-state index contributed by atoms with van der Waals surface area (Å²) < 4.78 is 11.8. The first-order valence-corrected chi connectivity index (χ1v) is 9.80. The van der Waals surface area contributed by atoms with Gasteiger partial charge in [-0.15, -0.1) is 0 Å². The maximum Gasteiger partial charge on any atom is 0.250 e. The van der Waals surface area contributed by atoms with Crippen LogP contribution in [0.4, 0.5) is 11.4 Å². The predicted molar refractivity (Wildman–Crippen MR) is 113 cm³/mol. The van der Waals surface area contributed by atoms with Gasteiger partial charge in [-0.25, -0.2) is 0 Å². The van der Waals surface area contributed by atoms with Crippen LogP contribution < -0.4 is 20.3 Å². The molecule has 1 heterocycles. The van der Waals surface area contributed by atoms with E-state index in [1.165, 1.54) is 12.8 Å². The van der Waals surface area contributed by atoms with Crippen molar-refractivity contribution in [2.24, 2.45) is 0 Å². The van der Waals surface area contributed by atoms with Crippen molar-refractivity contribution < 1.29 is 9.47 Å². The Balaban J connectivity index is 1.85. The number of aryl methyl sites for hydroxylation is 2. The highest BCUT2D eigenvalue weighted by atomic mass is 16.5. The first-order chi connectivity index (χ1) is 13.6. The maximum atomic E-state index is 12.5. The van der Waals surface area contributed by atoms with Crippen LogP contribution in [0.2, 0.25) is 0 Å². The third kappa shape index (κ3) is 3.44. The highest BCUT2D eigenvalue weighted by molar-refractivity contribution is 5.98. The SMILES string of the molecule is COc1ccc2c(Nc3c(C)cccc3C)cc(=O)[nH]c2c1OC1CCCC1. The number of fused-ring (bicyclic) bond motifs is 1. The van der Waals surface area contributed by atoms with Gasteiger partial charge in [0.15, 0.2) is 11.5 Å². The molecular formula is C23H26N2O3. The number of rotatable bonds is 5. The van der Waals surface area contributed by atoms with E-state index < -0.39 is 0 Å². The topological polar surface area (TPSA) is 63.3 Å². The second-order valence-electron chi connectivity index (χ2n) is 7.48. The molecule has 5 heteroatoms. The van der Waals surface area contributed by atoms with Crippen LogP contribution >= 0.6 is 0 Å². The van der Waals surface area contributed by atoms with Crippen molar-refractivity contribution in [2.45, 2.75) is 45.6 Å².